The molecule has 1 aromatic rings. The first-order valence-corrected chi connectivity index (χ1v) is 7.51. The van der Waals surface area contributed by atoms with Crippen LogP contribution in [0, 0.1) is 5.92 Å². The fraction of sp³-hybridized carbons (Fsp3) is 0.588. The van der Waals surface area contributed by atoms with Gasteiger partial charge in [-0.15, -0.1) is 0 Å². The Morgan fingerprint density at radius 3 is 2.33 bits per heavy atom. The number of nitrogens with one attached hydrogen (secondary N) is 2. The molecule has 0 amide bonds. The molecule has 0 spiro atoms. The summed E-state index contributed by atoms with van der Waals surface area (Å²) in [5, 5.41) is 6.35. The minimum absolute atomic E-state index is 0.0172. The van der Waals surface area contributed by atoms with Crippen molar-refractivity contribution in [1.82, 2.24) is 10.6 Å². The number of benzene rings is 1. The second-order valence-corrected chi connectivity index (χ2v) is 6.29. The molecule has 0 heterocycles. The Bertz CT molecular complexity index is 450. The Morgan fingerprint density at radius 1 is 1.24 bits per heavy atom. The standard InChI is InChI=1S/C17H29N3O/c1-13(2)11-21-15-9-7-14(8-10-15)17(3,4)12-20-16(18-5)19-6/h7-10,13H,11-12H2,1-6H3,(H2,18,19,20). The van der Waals surface area contributed by atoms with Crippen LogP contribution < -0.4 is 15.4 Å². The van der Waals surface area contributed by atoms with E-state index in [4.69, 9.17) is 4.74 Å². The van der Waals surface area contributed by atoms with Gasteiger partial charge < -0.3 is 15.4 Å². The summed E-state index contributed by atoms with van der Waals surface area (Å²) in [5.74, 6) is 2.28. The summed E-state index contributed by atoms with van der Waals surface area (Å²) in [5.41, 5.74) is 1.29. The summed E-state index contributed by atoms with van der Waals surface area (Å²) in [6, 6.07) is 8.37. The predicted molar refractivity (Wildman–Crippen MR) is 90.2 cm³/mol. The molecule has 0 aliphatic heterocycles. The SMILES string of the molecule is CN=C(NC)NCC(C)(C)c1ccc(OCC(C)C)cc1. The van der Waals surface area contributed by atoms with Crippen LogP contribution in [-0.4, -0.2) is 33.2 Å². The lowest BCUT2D eigenvalue weighted by atomic mass is 9.84. The number of rotatable bonds is 6. The van der Waals surface area contributed by atoms with E-state index in [2.05, 4.69) is 55.5 Å². The number of hydrogen-bond acceptors (Lipinski definition) is 2. The Kier molecular flexibility index (Phi) is 6.53. The molecule has 0 aliphatic carbocycles. The normalized spacial score (nSPS) is 12.4. The third kappa shape index (κ3) is 5.66. The fourth-order valence-electron chi connectivity index (χ4n) is 1.95. The maximum absolute atomic E-state index is 5.72. The molecule has 0 atom stereocenters. The number of guanidine groups is 1. The molecule has 0 aromatic heterocycles. The maximum Gasteiger partial charge on any atom is 0.190 e. The molecular weight excluding hydrogens is 262 g/mol. The van der Waals surface area contributed by atoms with Gasteiger partial charge in [0.25, 0.3) is 0 Å². The Hall–Kier alpha value is -1.71. The molecule has 1 aromatic carbocycles. The number of nitrogens with zero attached hydrogens (tertiary/aromatic N) is 1. The second kappa shape index (κ2) is 7.91. The molecule has 4 nitrogen and oxygen atoms in total. The van der Waals surface area contributed by atoms with Gasteiger partial charge in [-0.1, -0.05) is 39.8 Å². The topological polar surface area (TPSA) is 45.7 Å². The zero-order valence-corrected chi connectivity index (χ0v) is 14.2. The van der Waals surface area contributed by atoms with Crippen molar-refractivity contribution in [2.24, 2.45) is 10.9 Å². The predicted octanol–water partition coefficient (Wildman–Crippen LogP) is 2.79. The van der Waals surface area contributed by atoms with E-state index < -0.39 is 0 Å². The monoisotopic (exact) mass is 291 g/mol. The van der Waals surface area contributed by atoms with Gasteiger partial charge >= 0.3 is 0 Å². The highest BCUT2D eigenvalue weighted by Crippen LogP contribution is 2.24. The Morgan fingerprint density at radius 2 is 1.86 bits per heavy atom. The van der Waals surface area contributed by atoms with E-state index in [0.717, 1.165) is 24.9 Å². The van der Waals surface area contributed by atoms with Crippen LogP contribution in [0.1, 0.15) is 33.3 Å². The lowest BCUT2D eigenvalue weighted by Crippen LogP contribution is -2.42. The average Bonchev–Trinajstić information content (AvgIpc) is 2.46. The van der Waals surface area contributed by atoms with Gasteiger partial charge in [0.1, 0.15) is 5.75 Å². The summed E-state index contributed by atoms with van der Waals surface area (Å²) < 4.78 is 5.72. The molecule has 21 heavy (non-hydrogen) atoms. The quantitative estimate of drug-likeness (QED) is 0.626. The largest absolute Gasteiger partial charge is 0.493 e. The summed E-state index contributed by atoms with van der Waals surface area (Å²) in [6.07, 6.45) is 0. The van der Waals surface area contributed by atoms with E-state index in [0.29, 0.717) is 5.92 Å². The van der Waals surface area contributed by atoms with Gasteiger partial charge in [-0.25, -0.2) is 0 Å². The minimum Gasteiger partial charge on any atom is -0.493 e. The lowest BCUT2D eigenvalue weighted by Gasteiger charge is -2.26. The summed E-state index contributed by atoms with van der Waals surface area (Å²) in [4.78, 5) is 4.13. The first-order valence-electron chi connectivity index (χ1n) is 7.51. The lowest BCUT2D eigenvalue weighted by molar-refractivity contribution is 0.271. The first kappa shape index (κ1) is 17.3. The van der Waals surface area contributed by atoms with Crippen molar-refractivity contribution >= 4 is 5.96 Å². The van der Waals surface area contributed by atoms with E-state index in [9.17, 15) is 0 Å². The zero-order chi connectivity index (χ0) is 15.9. The molecule has 0 unspecified atom stereocenters. The molecule has 4 heteroatoms. The number of ether oxygens (including phenoxy) is 1. The molecule has 0 aliphatic rings. The molecule has 118 valence electrons. The van der Waals surface area contributed by atoms with Crippen molar-refractivity contribution in [1.29, 1.82) is 0 Å². The number of aliphatic imine (C=N–C) groups is 1. The highest BCUT2D eigenvalue weighted by molar-refractivity contribution is 5.79. The Balaban J connectivity index is 2.66. The third-order valence-electron chi connectivity index (χ3n) is 3.38. The van der Waals surface area contributed by atoms with Crippen molar-refractivity contribution in [2.75, 3.05) is 27.2 Å². The van der Waals surface area contributed by atoms with Gasteiger partial charge in [0, 0.05) is 26.1 Å². The van der Waals surface area contributed by atoms with E-state index in [1.807, 2.05) is 19.2 Å². The van der Waals surface area contributed by atoms with Crippen LogP contribution in [0.3, 0.4) is 0 Å². The van der Waals surface area contributed by atoms with Crippen molar-refractivity contribution < 1.29 is 4.74 Å². The van der Waals surface area contributed by atoms with Crippen molar-refractivity contribution in [3.8, 4) is 5.75 Å². The molecule has 0 saturated heterocycles. The van der Waals surface area contributed by atoms with Crippen LogP contribution in [0.15, 0.2) is 29.3 Å². The molecule has 2 N–H and O–H groups in total. The van der Waals surface area contributed by atoms with Crippen molar-refractivity contribution in [3.63, 3.8) is 0 Å². The minimum atomic E-state index is 0.0172. The molecule has 0 fully saturated rings. The smallest absolute Gasteiger partial charge is 0.190 e. The summed E-state index contributed by atoms with van der Waals surface area (Å²) in [7, 11) is 3.63. The zero-order valence-electron chi connectivity index (χ0n) is 14.2. The summed E-state index contributed by atoms with van der Waals surface area (Å²) >= 11 is 0. The molecule has 0 bridgehead atoms. The maximum atomic E-state index is 5.72. The molecular formula is C17H29N3O. The van der Waals surface area contributed by atoms with Crippen LogP contribution in [0.5, 0.6) is 5.75 Å². The summed E-state index contributed by atoms with van der Waals surface area (Å²) in [6.45, 7) is 10.3. The van der Waals surface area contributed by atoms with Crippen LogP contribution in [-0.2, 0) is 5.41 Å². The van der Waals surface area contributed by atoms with Crippen molar-refractivity contribution in [3.05, 3.63) is 29.8 Å². The van der Waals surface area contributed by atoms with E-state index >= 15 is 0 Å². The molecule has 0 saturated carbocycles. The van der Waals surface area contributed by atoms with Gasteiger partial charge in [0.15, 0.2) is 5.96 Å². The van der Waals surface area contributed by atoms with E-state index in [-0.39, 0.29) is 5.41 Å². The van der Waals surface area contributed by atoms with E-state index in [1.54, 1.807) is 7.05 Å². The second-order valence-electron chi connectivity index (χ2n) is 6.29. The fourth-order valence-corrected chi connectivity index (χ4v) is 1.95. The van der Waals surface area contributed by atoms with Gasteiger partial charge in [-0.2, -0.15) is 0 Å². The van der Waals surface area contributed by atoms with Crippen LogP contribution in [0.25, 0.3) is 0 Å². The van der Waals surface area contributed by atoms with Gasteiger partial charge in [0.2, 0.25) is 0 Å². The first-order chi connectivity index (χ1) is 9.89. The molecule has 0 radical (unpaired) electrons. The average molecular weight is 291 g/mol. The third-order valence-corrected chi connectivity index (χ3v) is 3.38. The Labute approximate surface area is 129 Å². The van der Waals surface area contributed by atoms with Crippen LogP contribution in [0.2, 0.25) is 0 Å². The van der Waals surface area contributed by atoms with Gasteiger partial charge in [0.05, 0.1) is 6.61 Å². The van der Waals surface area contributed by atoms with Gasteiger partial charge in [-0.3, -0.25) is 4.99 Å². The molecule has 1 rings (SSSR count). The van der Waals surface area contributed by atoms with Crippen LogP contribution >= 0.6 is 0 Å². The highest BCUT2D eigenvalue weighted by atomic mass is 16.5. The van der Waals surface area contributed by atoms with Crippen LogP contribution in [0.4, 0.5) is 0 Å². The van der Waals surface area contributed by atoms with Gasteiger partial charge in [-0.05, 0) is 23.6 Å². The highest BCUT2D eigenvalue weighted by Gasteiger charge is 2.20. The van der Waals surface area contributed by atoms with E-state index in [1.165, 1.54) is 5.56 Å². The number of hydrogen-bond donors (Lipinski definition) is 2. The van der Waals surface area contributed by atoms with Crippen molar-refractivity contribution in [2.45, 2.75) is 33.1 Å².